The smallest absolute Gasteiger partial charge is 0.335 e. The summed E-state index contributed by atoms with van der Waals surface area (Å²) in [5, 5.41) is 8.96. The lowest BCUT2D eigenvalue weighted by atomic mass is 10.2. The molecule has 1 aliphatic rings. The van der Waals surface area contributed by atoms with Crippen molar-refractivity contribution >= 4 is 52.8 Å². The molecule has 1 saturated heterocycles. The zero-order chi connectivity index (χ0) is 12.6. The van der Waals surface area contributed by atoms with Crippen LogP contribution in [0, 0.1) is 3.57 Å². The Hall–Kier alpha value is -0.760. The lowest BCUT2D eigenvalue weighted by molar-refractivity contribution is -0.117. The molecule has 0 spiro atoms. The molecule has 1 aromatic carbocycles. The van der Waals surface area contributed by atoms with Gasteiger partial charge < -0.3 is 10.0 Å². The van der Waals surface area contributed by atoms with Gasteiger partial charge in [0.15, 0.2) is 0 Å². The topological polar surface area (TPSA) is 57.6 Å². The predicted molar refractivity (Wildman–Crippen MR) is 75.9 cm³/mol. The van der Waals surface area contributed by atoms with E-state index in [0.717, 1.165) is 3.57 Å². The van der Waals surface area contributed by atoms with Crippen LogP contribution in [0.1, 0.15) is 16.8 Å². The molecule has 6 heteroatoms. The molecular weight excluding hydrogens is 353 g/mol. The highest BCUT2D eigenvalue weighted by molar-refractivity contribution is 14.1. The molecule has 17 heavy (non-hydrogen) atoms. The number of aromatic carboxylic acids is 1. The van der Waals surface area contributed by atoms with Crippen molar-refractivity contribution in [2.45, 2.75) is 11.7 Å². The second kappa shape index (κ2) is 4.85. The number of anilines is 1. The molecule has 0 saturated carbocycles. The molecule has 1 N–H and O–H groups in total. The van der Waals surface area contributed by atoms with Gasteiger partial charge in [0.2, 0.25) is 5.91 Å². The second-order valence-electron chi connectivity index (χ2n) is 3.83. The third-order valence-corrected chi connectivity index (χ3v) is 3.85. The van der Waals surface area contributed by atoms with Crippen LogP contribution < -0.4 is 4.90 Å². The summed E-state index contributed by atoms with van der Waals surface area (Å²) in [5.41, 5.74) is 0.850. The maximum absolute atomic E-state index is 11.7. The Kier molecular flexibility index (Phi) is 3.62. The summed E-state index contributed by atoms with van der Waals surface area (Å²) in [7, 11) is 0. The third kappa shape index (κ3) is 2.57. The van der Waals surface area contributed by atoms with Gasteiger partial charge in [-0.3, -0.25) is 4.79 Å². The zero-order valence-corrected chi connectivity index (χ0v) is 11.8. The maximum atomic E-state index is 11.7. The Balaban J connectivity index is 2.41. The monoisotopic (exact) mass is 363 g/mol. The van der Waals surface area contributed by atoms with Crippen LogP contribution in [-0.4, -0.2) is 28.8 Å². The fraction of sp³-hybridized carbons (Fsp3) is 0.273. The molecule has 2 rings (SSSR count). The first-order chi connectivity index (χ1) is 7.99. The Bertz CT molecular complexity index is 492. The number of carbonyl (C=O) groups is 2. The van der Waals surface area contributed by atoms with Crippen LogP contribution in [0.5, 0.6) is 0 Å². The Morgan fingerprint density at radius 2 is 2.24 bits per heavy atom. The molecule has 4 nitrogen and oxygen atoms in total. The number of carboxylic acids is 1. The number of amides is 1. The van der Waals surface area contributed by atoms with Crippen molar-refractivity contribution in [1.82, 2.24) is 0 Å². The highest BCUT2D eigenvalue weighted by atomic mass is 127. The van der Waals surface area contributed by atoms with Crippen LogP contribution in [0.3, 0.4) is 0 Å². The number of hydrogen-bond acceptors (Lipinski definition) is 3. The van der Waals surface area contributed by atoms with Crippen molar-refractivity contribution < 1.29 is 14.7 Å². The van der Waals surface area contributed by atoms with E-state index in [1.807, 2.05) is 0 Å². The fourth-order valence-electron chi connectivity index (χ4n) is 1.77. The van der Waals surface area contributed by atoms with E-state index >= 15 is 0 Å². The molecule has 1 aromatic rings. The lowest BCUT2D eigenvalue weighted by Crippen LogP contribution is -2.25. The number of halogens is 1. The first kappa shape index (κ1) is 12.7. The number of rotatable bonds is 2. The molecule has 1 fully saturated rings. The number of hydrogen-bond donors (Lipinski definition) is 2. The molecule has 1 aliphatic heterocycles. The SMILES string of the molecule is O=C(O)c1ccc(I)c(N2CC(S)CC2=O)c1. The van der Waals surface area contributed by atoms with Gasteiger partial charge in [0.05, 0.1) is 11.3 Å². The molecule has 90 valence electrons. The normalized spacial score (nSPS) is 19.8. The minimum atomic E-state index is -0.989. The highest BCUT2D eigenvalue weighted by Crippen LogP contribution is 2.29. The molecule has 0 radical (unpaired) electrons. The minimum Gasteiger partial charge on any atom is -0.478 e. The molecule has 0 bridgehead atoms. The maximum Gasteiger partial charge on any atom is 0.335 e. The van der Waals surface area contributed by atoms with Crippen molar-refractivity contribution in [2.24, 2.45) is 0 Å². The van der Waals surface area contributed by atoms with Gasteiger partial charge >= 0.3 is 5.97 Å². The van der Waals surface area contributed by atoms with Crippen LogP contribution in [0.4, 0.5) is 5.69 Å². The van der Waals surface area contributed by atoms with Gasteiger partial charge in [0.1, 0.15) is 0 Å². The van der Waals surface area contributed by atoms with E-state index in [9.17, 15) is 9.59 Å². The standard InChI is InChI=1S/C11H10INO3S/c12-8-2-1-6(11(15)16)3-9(8)13-5-7(17)4-10(13)14/h1-3,7,17H,4-5H2,(H,15,16). The van der Waals surface area contributed by atoms with E-state index in [1.54, 1.807) is 11.0 Å². The van der Waals surface area contributed by atoms with Crippen LogP contribution in [0.25, 0.3) is 0 Å². The van der Waals surface area contributed by atoms with Gasteiger partial charge in [-0.15, -0.1) is 0 Å². The molecule has 0 aromatic heterocycles. The van der Waals surface area contributed by atoms with E-state index < -0.39 is 5.97 Å². The average molecular weight is 363 g/mol. The number of carboxylic acid groups (broad SMARTS) is 1. The fourth-order valence-corrected chi connectivity index (χ4v) is 2.72. The van der Waals surface area contributed by atoms with Crippen molar-refractivity contribution in [3.63, 3.8) is 0 Å². The van der Waals surface area contributed by atoms with Crippen LogP contribution >= 0.6 is 35.2 Å². The van der Waals surface area contributed by atoms with Crippen molar-refractivity contribution in [1.29, 1.82) is 0 Å². The van der Waals surface area contributed by atoms with Gasteiger partial charge in [-0.1, -0.05) is 0 Å². The molecule has 1 amide bonds. The quantitative estimate of drug-likeness (QED) is 0.625. The number of nitrogens with zero attached hydrogens (tertiary/aromatic N) is 1. The summed E-state index contributed by atoms with van der Waals surface area (Å²) >= 11 is 6.38. The Morgan fingerprint density at radius 3 is 2.76 bits per heavy atom. The molecule has 0 aliphatic carbocycles. The van der Waals surface area contributed by atoms with E-state index in [-0.39, 0.29) is 16.7 Å². The number of thiol groups is 1. The lowest BCUT2D eigenvalue weighted by Gasteiger charge is -2.18. The van der Waals surface area contributed by atoms with Crippen molar-refractivity contribution in [3.05, 3.63) is 27.3 Å². The molecule has 1 unspecified atom stereocenters. The third-order valence-electron chi connectivity index (χ3n) is 2.59. The Labute approximate surface area is 118 Å². The number of benzene rings is 1. The van der Waals surface area contributed by atoms with Gasteiger partial charge in [-0.2, -0.15) is 12.6 Å². The zero-order valence-electron chi connectivity index (χ0n) is 8.76. The molecular formula is C11H10INO3S. The second-order valence-corrected chi connectivity index (χ2v) is 5.73. The summed E-state index contributed by atoms with van der Waals surface area (Å²) in [4.78, 5) is 24.3. The van der Waals surface area contributed by atoms with Gasteiger partial charge in [-0.05, 0) is 40.8 Å². The van der Waals surface area contributed by atoms with Gasteiger partial charge in [0, 0.05) is 21.8 Å². The Morgan fingerprint density at radius 1 is 1.53 bits per heavy atom. The van der Waals surface area contributed by atoms with E-state index in [4.69, 9.17) is 5.11 Å². The van der Waals surface area contributed by atoms with Crippen molar-refractivity contribution in [3.8, 4) is 0 Å². The highest BCUT2D eigenvalue weighted by Gasteiger charge is 2.29. The van der Waals surface area contributed by atoms with Gasteiger partial charge in [-0.25, -0.2) is 4.79 Å². The predicted octanol–water partition coefficient (Wildman–Crippen LogP) is 2.02. The van der Waals surface area contributed by atoms with Gasteiger partial charge in [0.25, 0.3) is 0 Å². The molecule has 1 heterocycles. The van der Waals surface area contributed by atoms with Crippen molar-refractivity contribution in [2.75, 3.05) is 11.4 Å². The van der Waals surface area contributed by atoms with Crippen LogP contribution in [0.2, 0.25) is 0 Å². The number of carbonyl (C=O) groups excluding carboxylic acids is 1. The molecule has 1 atom stereocenters. The largest absolute Gasteiger partial charge is 0.478 e. The van der Waals surface area contributed by atoms with E-state index in [0.29, 0.717) is 18.7 Å². The summed E-state index contributed by atoms with van der Waals surface area (Å²) in [6.07, 6.45) is 0.399. The first-order valence-corrected chi connectivity index (χ1v) is 6.60. The van der Waals surface area contributed by atoms with E-state index in [1.165, 1.54) is 12.1 Å². The minimum absolute atomic E-state index is 0.00884. The summed E-state index contributed by atoms with van der Waals surface area (Å²) in [6, 6.07) is 4.78. The summed E-state index contributed by atoms with van der Waals surface area (Å²) in [5.74, 6) is -0.998. The first-order valence-electron chi connectivity index (χ1n) is 5.00. The van der Waals surface area contributed by atoms with Crippen LogP contribution in [0.15, 0.2) is 18.2 Å². The summed E-state index contributed by atoms with van der Waals surface area (Å²) < 4.78 is 0.864. The summed E-state index contributed by atoms with van der Waals surface area (Å²) in [6.45, 7) is 0.529. The van der Waals surface area contributed by atoms with Crippen LogP contribution in [-0.2, 0) is 4.79 Å². The average Bonchev–Trinajstić information content (AvgIpc) is 2.58. The van der Waals surface area contributed by atoms with E-state index in [2.05, 4.69) is 35.2 Å².